The number of ether oxygens (including phenoxy) is 2. The first-order chi connectivity index (χ1) is 10.1. The highest BCUT2D eigenvalue weighted by Gasteiger charge is 2.18. The second-order valence-electron chi connectivity index (χ2n) is 5.60. The van der Waals surface area contributed by atoms with Gasteiger partial charge in [-0.3, -0.25) is 0 Å². The second kappa shape index (κ2) is 5.41. The summed E-state index contributed by atoms with van der Waals surface area (Å²) in [5, 5.41) is 10.7. The van der Waals surface area contributed by atoms with Crippen molar-refractivity contribution in [1.29, 1.82) is 0 Å². The Hall–Kier alpha value is -2.00. The van der Waals surface area contributed by atoms with Gasteiger partial charge in [-0.25, -0.2) is 0 Å². The number of fused-ring (bicyclic) bond motifs is 1. The minimum absolute atomic E-state index is 0.551. The Morgan fingerprint density at radius 3 is 2.29 bits per heavy atom. The third-order valence-corrected chi connectivity index (χ3v) is 4.06. The lowest BCUT2D eigenvalue weighted by Crippen LogP contribution is -2.15. The van der Waals surface area contributed by atoms with E-state index < -0.39 is 6.10 Å². The Balaban J connectivity index is 1.98. The number of aliphatic hydroxyl groups excluding tert-OH is 1. The van der Waals surface area contributed by atoms with Crippen molar-refractivity contribution in [2.75, 3.05) is 13.2 Å². The van der Waals surface area contributed by atoms with E-state index in [0.717, 1.165) is 22.4 Å². The molecular weight excluding hydrogens is 264 g/mol. The van der Waals surface area contributed by atoms with Crippen molar-refractivity contribution in [3.8, 4) is 11.5 Å². The molecule has 1 atom stereocenters. The van der Waals surface area contributed by atoms with Crippen LogP contribution in [-0.2, 0) is 0 Å². The molecule has 2 aromatic rings. The highest BCUT2D eigenvalue weighted by Crippen LogP contribution is 2.35. The van der Waals surface area contributed by atoms with E-state index in [9.17, 15) is 5.11 Å². The molecule has 110 valence electrons. The molecule has 0 fully saturated rings. The predicted molar refractivity (Wildman–Crippen MR) is 82.1 cm³/mol. The van der Waals surface area contributed by atoms with Gasteiger partial charge in [0, 0.05) is 0 Å². The normalized spacial score (nSPS) is 14.9. The van der Waals surface area contributed by atoms with E-state index in [0.29, 0.717) is 19.0 Å². The van der Waals surface area contributed by atoms with Crippen molar-refractivity contribution in [1.82, 2.24) is 0 Å². The van der Waals surface area contributed by atoms with Crippen molar-refractivity contribution in [2.45, 2.75) is 26.9 Å². The van der Waals surface area contributed by atoms with Gasteiger partial charge < -0.3 is 14.6 Å². The molecule has 0 aromatic heterocycles. The van der Waals surface area contributed by atoms with Gasteiger partial charge >= 0.3 is 0 Å². The molecule has 21 heavy (non-hydrogen) atoms. The number of hydrogen-bond donors (Lipinski definition) is 1. The molecule has 3 rings (SSSR count). The molecule has 1 N–H and O–H groups in total. The van der Waals surface area contributed by atoms with E-state index in [1.54, 1.807) is 0 Å². The Labute approximate surface area is 125 Å². The van der Waals surface area contributed by atoms with E-state index in [2.05, 4.69) is 26.0 Å². The molecule has 0 amide bonds. The van der Waals surface area contributed by atoms with E-state index in [1.807, 2.05) is 25.1 Å². The molecule has 1 heterocycles. The van der Waals surface area contributed by atoms with Crippen LogP contribution < -0.4 is 9.47 Å². The molecule has 0 spiro atoms. The molecule has 2 aromatic carbocycles. The topological polar surface area (TPSA) is 38.7 Å². The first-order valence-electron chi connectivity index (χ1n) is 7.21. The molecule has 0 saturated heterocycles. The third-order valence-electron chi connectivity index (χ3n) is 4.06. The van der Waals surface area contributed by atoms with Gasteiger partial charge in [0.15, 0.2) is 11.5 Å². The highest BCUT2D eigenvalue weighted by molar-refractivity contribution is 5.48. The number of hydrogen-bond acceptors (Lipinski definition) is 3. The molecule has 3 nitrogen and oxygen atoms in total. The van der Waals surface area contributed by atoms with Crippen molar-refractivity contribution in [3.63, 3.8) is 0 Å². The second-order valence-corrected chi connectivity index (χ2v) is 5.60. The quantitative estimate of drug-likeness (QED) is 0.917. The smallest absolute Gasteiger partial charge is 0.161 e. The zero-order valence-electron chi connectivity index (χ0n) is 12.6. The lowest BCUT2D eigenvalue weighted by atomic mass is 9.93. The predicted octanol–water partition coefficient (Wildman–Crippen LogP) is 3.46. The minimum Gasteiger partial charge on any atom is -0.486 e. The first kappa shape index (κ1) is 14.0. The lowest BCUT2D eigenvalue weighted by molar-refractivity contribution is 0.169. The van der Waals surface area contributed by atoms with Crippen LogP contribution in [0.2, 0.25) is 0 Å². The van der Waals surface area contributed by atoms with Gasteiger partial charge in [-0.1, -0.05) is 18.2 Å². The van der Waals surface area contributed by atoms with Gasteiger partial charge in [0.25, 0.3) is 0 Å². The van der Waals surface area contributed by atoms with E-state index >= 15 is 0 Å². The van der Waals surface area contributed by atoms with Gasteiger partial charge in [-0.05, 0) is 60.7 Å². The van der Waals surface area contributed by atoms with Crippen LogP contribution in [0.4, 0.5) is 0 Å². The minimum atomic E-state index is -0.653. The van der Waals surface area contributed by atoms with Crippen molar-refractivity contribution < 1.29 is 14.6 Å². The van der Waals surface area contributed by atoms with Crippen molar-refractivity contribution >= 4 is 0 Å². The average molecular weight is 284 g/mol. The van der Waals surface area contributed by atoms with Gasteiger partial charge in [0.2, 0.25) is 0 Å². The van der Waals surface area contributed by atoms with Crippen LogP contribution in [0.25, 0.3) is 0 Å². The van der Waals surface area contributed by atoms with Crippen LogP contribution in [0, 0.1) is 20.8 Å². The average Bonchev–Trinajstić information content (AvgIpc) is 2.50. The van der Waals surface area contributed by atoms with Gasteiger partial charge in [-0.2, -0.15) is 0 Å². The fourth-order valence-electron chi connectivity index (χ4n) is 2.69. The number of rotatable bonds is 2. The van der Waals surface area contributed by atoms with Gasteiger partial charge in [0.1, 0.15) is 19.3 Å². The summed E-state index contributed by atoms with van der Waals surface area (Å²) >= 11 is 0. The fraction of sp³-hybridized carbons (Fsp3) is 0.333. The van der Waals surface area contributed by atoms with Crippen LogP contribution in [0.5, 0.6) is 11.5 Å². The zero-order valence-corrected chi connectivity index (χ0v) is 12.6. The summed E-state index contributed by atoms with van der Waals surface area (Å²) in [4.78, 5) is 0. The standard InChI is InChI=1S/C18H20O3/c1-11-8-13(3)15(9-12(11)2)18(19)14-4-5-16-17(10-14)21-7-6-20-16/h4-5,8-10,18-19H,6-7H2,1-3H3. The molecule has 0 saturated carbocycles. The van der Waals surface area contributed by atoms with Crippen LogP contribution >= 0.6 is 0 Å². The largest absolute Gasteiger partial charge is 0.486 e. The Kier molecular flexibility index (Phi) is 3.60. The molecular formula is C18H20O3. The van der Waals surface area contributed by atoms with E-state index in [-0.39, 0.29) is 0 Å². The fourth-order valence-corrected chi connectivity index (χ4v) is 2.69. The van der Waals surface area contributed by atoms with E-state index in [1.165, 1.54) is 11.1 Å². The SMILES string of the molecule is Cc1cc(C)c(C(O)c2ccc3c(c2)OCCO3)cc1C. The van der Waals surface area contributed by atoms with Crippen LogP contribution in [0.15, 0.2) is 30.3 Å². The Morgan fingerprint density at radius 1 is 0.857 bits per heavy atom. The Morgan fingerprint density at radius 2 is 1.52 bits per heavy atom. The molecule has 0 bridgehead atoms. The highest BCUT2D eigenvalue weighted by atomic mass is 16.6. The third kappa shape index (κ3) is 2.61. The molecule has 1 aliphatic heterocycles. The van der Waals surface area contributed by atoms with Crippen LogP contribution in [0.1, 0.15) is 33.9 Å². The molecule has 3 heteroatoms. The summed E-state index contributed by atoms with van der Waals surface area (Å²) in [7, 11) is 0. The summed E-state index contributed by atoms with van der Waals surface area (Å²) in [5.74, 6) is 1.45. The summed E-state index contributed by atoms with van der Waals surface area (Å²) in [6.45, 7) is 7.31. The van der Waals surface area contributed by atoms with Crippen LogP contribution in [0.3, 0.4) is 0 Å². The zero-order chi connectivity index (χ0) is 15.0. The number of aliphatic hydroxyl groups is 1. The molecule has 1 unspecified atom stereocenters. The maximum absolute atomic E-state index is 10.7. The van der Waals surface area contributed by atoms with Gasteiger partial charge in [-0.15, -0.1) is 0 Å². The first-order valence-corrected chi connectivity index (χ1v) is 7.21. The summed E-state index contributed by atoms with van der Waals surface area (Å²) in [5.41, 5.74) is 5.29. The summed E-state index contributed by atoms with van der Waals surface area (Å²) in [6, 6.07) is 9.81. The molecule has 1 aliphatic rings. The van der Waals surface area contributed by atoms with E-state index in [4.69, 9.17) is 9.47 Å². The molecule has 0 radical (unpaired) electrons. The maximum atomic E-state index is 10.7. The monoisotopic (exact) mass is 284 g/mol. The summed E-state index contributed by atoms with van der Waals surface area (Å²) < 4.78 is 11.1. The number of benzene rings is 2. The lowest BCUT2D eigenvalue weighted by Gasteiger charge is -2.21. The number of aryl methyl sites for hydroxylation is 3. The van der Waals surface area contributed by atoms with Crippen LogP contribution in [-0.4, -0.2) is 18.3 Å². The Bertz CT molecular complexity index is 676. The summed E-state index contributed by atoms with van der Waals surface area (Å²) in [6.07, 6.45) is -0.653. The van der Waals surface area contributed by atoms with Gasteiger partial charge in [0.05, 0.1) is 0 Å². The van der Waals surface area contributed by atoms with Crippen molar-refractivity contribution in [2.24, 2.45) is 0 Å². The van der Waals surface area contributed by atoms with Crippen molar-refractivity contribution in [3.05, 3.63) is 58.1 Å². The molecule has 0 aliphatic carbocycles. The maximum Gasteiger partial charge on any atom is 0.161 e.